The van der Waals surface area contributed by atoms with E-state index in [1.165, 1.54) is 0 Å². The standard InChI is InChI=1S/C15H25NO2/c1-7-15(3,16(4)5)14(17)12-10-11(2)8-9-13(12)18-6/h8-10,14,17H,7H2,1-6H3. The predicted octanol–water partition coefficient (Wildman–Crippen LogP) is 2.77. The minimum Gasteiger partial charge on any atom is -0.496 e. The van der Waals surface area contributed by atoms with Crippen LogP contribution >= 0.6 is 0 Å². The van der Waals surface area contributed by atoms with Gasteiger partial charge in [0.2, 0.25) is 0 Å². The molecule has 2 unspecified atom stereocenters. The SMILES string of the molecule is CCC(C)(C(O)c1cc(C)ccc1OC)N(C)C. The van der Waals surface area contributed by atoms with Gasteiger partial charge in [-0.3, -0.25) is 0 Å². The molecule has 0 saturated carbocycles. The molecule has 2 atom stereocenters. The van der Waals surface area contributed by atoms with E-state index in [9.17, 15) is 5.11 Å². The highest BCUT2D eigenvalue weighted by Crippen LogP contribution is 2.37. The summed E-state index contributed by atoms with van der Waals surface area (Å²) < 4.78 is 5.36. The summed E-state index contributed by atoms with van der Waals surface area (Å²) in [4.78, 5) is 2.07. The molecule has 0 aliphatic carbocycles. The lowest BCUT2D eigenvalue weighted by Crippen LogP contribution is -2.46. The zero-order valence-electron chi connectivity index (χ0n) is 12.3. The van der Waals surface area contributed by atoms with Crippen molar-refractivity contribution in [2.75, 3.05) is 21.2 Å². The maximum atomic E-state index is 10.7. The summed E-state index contributed by atoms with van der Waals surface area (Å²) in [6, 6.07) is 5.91. The molecule has 1 aromatic rings. The molecule has 0 aromatic heterocycles. The molecule has 3 nitrogen and oxygen atoms in total. The van der Waals surface area contributed by atoms with Gasteiger partial charge in [0.1, 0.15) is 11.9 Å². The third kappa shape index (κ3) is 2.68. The van der Waals surface area contributed by atoms with Gasteiger partial charge in [-0.15, -0.1) is 0 Å². The quantitative estimate of drug-likeness (QED) is 0.873. The van der Waals surface area contributed by atoms with Gasteiger partial charge in [0.15, 0.2) is 0 Å². The molecular formula is C15H25NO2. The van der Waals surface area contributed by atoms with Crippen LogP contribution in [0.2, 0.25) is 0 Å². The Morgan fingerprint density at radius 1 is 1.39 bits per heavy atom. The zero-order valence-corrected chi connectivity index (χ0v) is 12.3. The molecule has 0 aliphatic rings. The lowest BCUT2D eigenvalue weighted by Gasteiger charge is -2.40. The second-order valence-corrected chi connectivity index (χ2v) is 5.25. The Labute approximate surface area is 110 Å². The molecule has 0 spiro atoms. The van der Waals surface area contributed by atoms with Crippen LogP contribution in [0, 0.1) is 6.92 Å². The fourth-order valence-corrected chi connectivity index (χ4v) is 2.16. The van der Waals surface area contributed by atoms with Gasteiger partial charge in [0.25, 0.3) is 0 Å². The minimum absolute atomic E-state index is 0.304. The van der Waals surface area contributed by atoms with Crippen molar-refractivity contribution < 1.29 is 9.84 Å². The van der Waals surface area contributed by atoms with Crippen LogP contribution in [0.25, 0.3) is 0 Å². The van der Waals surface area contributed by atoms with E-state index in [1.807, 2.05) is 39.2 Å². The van der Waals surface area contributed by atoms with Crippen molar-refractivity contribution in [1.82, 2.24) is 4.90 Å². The predicted molar refractivity (Wildman–Crippen MR) is 75.1 cm³/mol. The van der Waals surface area contributed by atoms with Crippen molar-refractivity contribution in [1.29, 1.82) is 0 Å². The van der Waals surface area contributed by atoms with Crippen LogP contribution in [0.3, 0.4) is 0 Å². The molecule has 0 bridgehead atoms. The van der Waals surface area contributed by atoms with E-state index in [-0.39, 0.29) is 5.54 Å². The van der Waals surface area contributed by atoms with E-state index in [1.54, 1.807) is 7.11 Å². The first kappa shape index (κ1) is 15.0. The Kier molecular flexibility index (Phi) is 4.77. The Morgan fingerprint density at radius 3 is 2.44 bits per heavy atom. The highest BCUT2D eigenvalue weighted by atomic mass is 16.5. The maximum absolute atomic E-state index is 10.7. The van der Waals surface area contributed by atoms with Crippen molar-refractivity contribution in [3.63, 3.8) is 0 Å². The number of nitrogens with zero attached hydrogens (tertiary/aromatic N) is 1. The van der Waals surface area contributed by atoms with Crippen LogP contribution in [0.15, 0.2) is 18.2 Å². The van der Waals surface area contributed by atoms with Crippen LogP contribution < -0.4 is 4.74 Å². The molecule has 0 fully saturated rings. The summed E-state index contributed by atoms with van der Waals surface area (Å²) in [6.07, 6.45) is 0.283. The fourth-order valence-electron chi connectivity index (χ4n) is 2.16. The lowest BCUT2D eigenvalue weighted by atomic mass is 9.85. The number of rotatable bonds is 5. The van der Waals surface area contributed by atoms with Gasteiger partial charge in [0, 0.05) is 11.1 Å². The maximum Gasteiger partial charge on any atom is 0.124 e. The van der Waals surface area contributed by atoms with Crippen molar-refractivity contribution in [2.45, 2.75) is 38.8 Å². The van der Waals surface area contributed by atoms with Crippen LogP contribution in [0.5, 0.6) is 5.75 Å². The van der Waals surface area contributed by atoms with Gasteiger partial charge < -0.3 is 14.7 Å². The molecule has 0 heterocycles. The molecule has 3 heteroatoms. The number of hydrogen-bond donors (Lipinski definition) is 1. The number of aliphatic hydroxyl groups excluding tert-OH is 1. The summed E-state index contributed by atoms with van der Waals surface area (Å²) in [5.74, 6) is 0.745. The van der Waals surface area contributed by atoms with Crippen LogP contribution in [0.4, 0.5) is 0 Å². The Bertz CT molecular complexity index is 403. The van der Waals surface area contributed by atoms with Crippen molar-refractivity contribution >= 4 is 0 Å². The summed E-state index contributed by atoms with van der Waals surface area (Å²) in [6.45, 7) is 6.18. The molecular weight excluding hydrogens is 226 g/mol. The second kappa shape index (κ2) is 5.72. The highest BCUT2D eigenvalue weighted by molar-refractivity contribution is 5.39. The molecule has 0 aliphatic heterocycles. The Morgan fingerprint density at radius 2 is 2.00 bits per heavy atom. The Balaban J connectivity index is 3.24. The van der Waals surface area contributed by atoms with Crippen LogP contribution in [-0.4, -0.2) is 36.8 Å². The van der Waals surface area contributed by atoms with Gasteiger partial charge in [0.05, 0.1) is 7.11 Å². The number of aliphatic hydroxyl groups is 1. The molecule has 0 radical (unpaired) electrons. The van der Waals surface area contributed by atoms with Crippen molar-refractivity contribution in [3.05, 3.63) is 29.3 Å². The van der Waals surface area contributed by atoms with E-state index < -0.39 is 6.10 Å². The van der Waals surface area contributed by atoms with Gasteiger partial charge in [-0.25, -0.2) is 0 Å². The molecule has 0 amide bonds. The number of benzene rings is 1. The molecule has 0 saturated heterocycles. The van der Waals surface area contributed by atoms with Crippen LogP contribution in [-0.2, 0) is 0 Å². The first-order valence-electron chi connectivity index (χ1n) is 6.36. The number of methoxy groups -OCH3 is 1. The summed E-state index contributed by atoms with van der Waals surface area (Å²) >= 11 is 0. The molecule has 102 valence electrons. The molecule has 1 rings (SSSR count). The number of hydrogen-bond acceptors (Lipinski definition) is 3. The lowest BCUT2D eigenvalue weighted by molar-refractivity contribution is -0.000442. The van der Waals surface area contributed by atoms with Gasteiger partial charge in [-0.1, -0.05) is 18.6 Å². The topological polar surface area (TPSA) is 32.7 Å². The fraction of sp³-hybridized carbons (Fsp3) is 0.600. The third-order valence-electron chi connectivity index (χ3n) is 4.01. The minimum atomic E-state index is -0.577. The van der Waals surface area contributed by atoms with E-state index in [4.69, 9.17) is 4.74 Å². The van der Waals surface area contributed by atoms with E-state index in [0.717, 1.165) is 23.3 Å². The summed E-state index contributed by atoms with van der Waals surface area (Å²) in [5.41, 5.74) is 1.68. The summed E-state index contributed by atoms with van der Waals surface area (Å²) in [7, 11) is 5.63. The first-order chi connectivity index (χ1) is 8.36. The average Bonchev–Trinajstić information content (AvgIpc) is 2.36. The monoisotopic (exact) mass is 251 g/mol. The van der Waals surface area contributed by atoms with E-state index >= 15 is 0 Å². The Hall–Kier alpha value is -1.06. The highest BCUT2D eigenvalue weighted by Gasteiger charge is 2.36. The van der Waals surface area contributed by atoms with Gasteiger partial charge >= 0.3 is 0 Å². The first-order valence-corrected chi connectivity index (χ1v) is 6.36. The third-order valence-corrected chi connectivity index (χ3v) is 4.01. The number of aryl methyl sites for hydroxylation is 1. The zero-order chi connectivity index (χ0) is 13.9. The second-order valence-electron chi connectivity index (χ2n) is 5.25. The largest absolute Gasteiger partial charge is 0.496 e. The summed E-state index contributed by atoms with van der Waals surface area (Å²) in [5, 5.41) is 10.7. The van der Waals surface area contributed by atoms with E-state index in [0.29, 0.717) is 0 Å². The molecule has 1 N–H and O–H groups in total. The van der Waals surface area contributed by atoms with Gasteiger partial charge in [-0.2, -0.15) is 0 Å². The average molecular weight is 251 g/mol. The van der Waals surface area contributed by atoms with Crippen molar-refractivity contribution in [2.24, 2.45) is 0 Å². The smallest absolute Gasteiger partial charge is 0.124 e. The van der Waals surface area contributed by atoms with E-state index in [2.05, 4.69) is 18.7 Å². The normalized spacial score (nSPS) is 16.4. The van der Waals surface area contributed by atoms with Crippen molar-refractivity contribution in [3.8, 4) is 5.75 Å². The van der Waals surface area contributed by atoms with Crippen LogP contribution in [0.1, 0.15) is 37.5 Å². The van der Waals surface area contributed by atoms with Gasteiger partial charge in [-0.05, 0) is 46.5 Å². The number of likely N-dealkylation sites (N-methyl/N-ethyl adjacent to an activating group) is 1. The number of ether oxygens (including phenoxy) is 1. The molecule has 18 heavy (non-hydrogen) atoms. The molecule has 1 aromatic carbocycles.